The maximum atomic E-state index is 13.5. The van der Waals surface area contributed by atoms with Gasteiger partial charge in [-0.2, -0.15) is 0 Å². The lowest BCUT2D eigenvalue weighted by atomic mass is 10.1. The summed E-state index contributed by atoms with van der Waals surface area (Å²) < 4.78 is 15.6. The molecule has 1 unspecified atom stereocenters. The predicted molar refractivity (Wildman–Crippen MR) is 98.9 cm³/mol. The number of nitrogens with zero attached hydrogens (tertiary/aromatic N) is 4. The molecule has 0 saturated carbocycles. The van der Waals surface area contributed by atoms with Gasteiger partial charge in [-0.3, -0.25) is 9.78 Å². The summed E-state index contributed by atoms with van der Waals surface area (Å²) in [5.74, 6) is 1.05. The monoisotopic (exact) mass is 368 g/mol. The zero-order valence-electron chi connectivity index (χ0n) is 15.3. The van der Waals surface area contributed by atoms with E-state index in [9.17, 15) is 9.18 Å². The number of rotatable bonds is 3. The van der Waals surface area contributed by atoms with Gasteiger partial charge in [0, 0.05) is 43.2 Å². The molecule has 3 aromatic rings. The molecule has 0 spiro atoms. The first-order valence-corrected chi connectivity index (χ1v) is 9.03. The minimum atomic E-state index is -0.375. The van der Waals surface area contributed by atoms with Crippen LogP contribution in [0.4, 0.5) is 4.39 Å². The van der Waals surface area contributed by atoms with Crippen LogP contribution in [0.5, 0.6) is 0 Å². The first kappa shape index (κ1) is 17.5. The zero-order chi connectivity index (χ0) is 19.0. The molecule has 1 amide bonds. The zero-order valence-corrected chi connectivity index (χ0v) is 15.3. The summed E-state index contributed by atoms with van der Waals surface area (Å²) in [7, 11) is 0. The van der Waals surface area contributed by atoms with Gasteiger partial charge in [-0.05, 0) is 32.0 Å². The molecular weight excluding hydrogens is 347 g/mol. The molecule has 2 aromatic heterocycles. The van der Waals surface area contributed by atoms with E-state index >= 15 is 0 Å². The summed E-state index contributed by atoms with van der Waals surface area (Å²) in [5.41, 5.74) is 1.60. The number of carbonyl (C=O) groups excluding carboxylic acids is 1. The number of halogens is 1. The molecule has 1 aliphatic rings. The Balaban J connectivity index is 1.63. The average Bonchev–Trinajstić information content (AvgIpc) is 2.89. The maximum absolute atomic E-state index is 13.5. The van der Waals surface area contributed by atoms with Crippen LogP contribution < -0.4 is 10.6 Å². The molecule has 4 rings (SSSR count). The van der Waals surface area contributed by atoms with E-state index in [1.165, 1.54) is 12.1 Å². The minimum Gasteiger partial charge on any atom is -0.342 e. The van der Waals surface area contributed by atoms with Gasteiger partial charge in [0.15, 0.2) is 5.82 Å². The van der Waals surface area contributed by atoms with Crippen molar-refractivity contribution in [1.82, 2.24) is 30.4 Å². The number of benzene rings is 1. The summed E-state index contributed by atoms with van der Waals surface area (Å²) in [6.45, 7) is 6.17. The van der Waals surface area contributed by atoms with E-state index in [4.69, 9.17) is 0 Å². The van der Waals surface area contributed by atoms with E-state index in [1.54, 1.807) is 19.1 Å². The molecule has 0 aliphatic carbocycles. The Morgan fingerprint density at radius 3 is 3.00 bits per heavy atom. The lowest BCUT2D eigenvalue weighted by Crippen LogP contribution is -2.29. The minimum absolute atomic E-state index is 0.242. The van der Waals surface area contributed by atoms with Gasteiger partial charge in [-0.15, -0.1) is 10.2 Å². The van der Waals surface area contributed by atoms with Crippen LogP contribution in [-0.2, 0) is 13.0 Å². The van der Waals surface area contributed by atoms with Crippen molar-refractivity contribution in [3.8, 4) is 0 Å². The third-order valence-corrected chi connectivity index (χ3v) is 4.77. The lowest BCUT2D eigenvalue weighted by molar-refractivity contribution is 0.0939. The molecule has 7 nitrogen and oxygen atoms in total. The van der Waals surface area contributed by atoms with Crippen LogP contribution in [0.3, 0.4) is 0 Å². The van der Waals surface area contributed by atoms with Crippen LogP contribution >= 0.6 is 0 Å². The smallest absolute Gasteiger partial charge is 0.252 e. The molecule has 1 aliphatic heterocycles. The summed E-state index contributed by atoms with van der Waals surface area (Å²) in [6.07, 6.45) is 0.813. The number of aryl methyl sites for hydroxylation is 1. The summed E-state index contributed by atoms with van der Waals surface area (Å²) >= 11 is 0. The van der Waals surface area contributed by atoms with Crippen LogP contribution in [0.25, 0.3) is 10.9 Å². The van der Waals surface area contributed by atoms with Gasteiger partial charge in [-0.25, -0.2) is 4.39 Å². The van der Waals surface area contributed by atoms with Crippen LogP contribution in [0.1, 0.15) is 40.7 Å². The van der Waals surface area contributed by atoms with E-state index in [0.29, 0.717) is 22.2 Å². The third-order valence-electron chi connectivity index (χ3n) is 4.77. The third kappa shape index (κ3) is 3.40. The second-order valence-corrected chi connectivity index (χ2v) is 6.79. The average molecular weight is 368 g/mol. The molecule has 1 atom stereocenters. The van der Waals surface area contributed by atoms with Crippen molar-refractivity contribution >= 4 is 16.8 Å². The Labute approximate surface area is 156 Å². The molecule has 140 valence electrons. The number of aromatic nitrogens is 4. The Bertz CT molecular complexity index is 1010. The second-order valence-electron chi connectivity index (χ2n) is 6.79. The van der Waals surface area contributed by atoms with Crippen molar-refractivity contribution in [2.75, 3.05) is 13.1 Å². The topological polar surface area (TPSA) is 84.7 Å². The number of fused-ring (bicyclic) bond motifs is 2. The van der Waals surface area contributed by atoms with E-state index < -0.39 is 0 Å². The van der Waals surface area contributed by atoms with Crippen LogP contribution in [0, 0.1) is 12.7 Å². The van der Waals surface area contributed by atoms with Crippen molar-refractivity contribution in [3.05, 3.63) is 53.0 Å². The number of pyridine rings is 1. The molecule has 27 heavy (non-hydrogen) atoms. The molecule has 8 heteroatoms. The molecule has 1 aromatic carbocycles. The number of hydrogen-bond donors (Lipinski definition) is 2. The molecule has 0 radical (unpaired) electrons. The van der Waals surface area contributed by atoms with Crippen LogP contribution in [0.15, 0.2) is 24.3 Å². The number of amides is 1. The van der Waals surface area contributed by atoms with Crippen LogP contribution in [0.2, 0.25) is 0 Å². The van der Waals surface area contributed by atoms with E-state index in [-0.39, 0.29) is 17.8 Å². The molecule has 0 fully saturated rings. The first-order chi connectivity index (χ1) is 13.0. The van der Waals surface area contributed by atoms with Gasteiger partial charge in [0.25, 0.3) is 5.91 Å². The normalized spacial score (nSPS) is 15.2. The van der Waals surface area contributed by atoms with Crippen molar-refractivity contribution < 1.29 is 9.18 Å². The SMILES string of the molecule is Cc1cc(C(=O)NC(C)c2nnc3n2CCNCC3)c2ccc(F)cc2n1. The van der Waals surface area contributed by atoms with Gasteiger partial charge in [0.1, 0.15) is 11.6 Å². The summed E-state index contributed by atoms with van der Waals surface area (Å²) in [5, 5.41) is 15.5. The molecule has 0 saturated heterocycles. The highest BCUT2D eigenvalue weighted by Crippen LogP contribution is 2.21. The Morgan fingerprint density at radius 1 is 1.30 bits per heavy atom. The van der Waals surface area contributed by atoms with Gasteiger partial charge in [-0.1, -0.05) is 0 Å². The highest BCUT2D eigenvalue weighted by atomic mass is 19.1. The van der Waals surface area contributed by atoms with E-state index in [2.05, 4.69) is 30.4 Å². The fourth-order valence-corrected chi connectivity index (χ4v) is 3.47. The first-order valence-electron chi connectivity index (χ1n) is 9.03. The van der Waals surface area contributed by atoms with Crippen LogP contribution in [-0.4, -0.2) is 38.7 Å². The molecule has 3 heterocycles. The quantitative estimate of drug-likeness (QED) is 0.738. The highest BCUT2D eigenvalue weighted by molar-refractivity contribution is 6.06. The number of hydrogen-bond acceptors (Lipinski definition) is 5. The summed E-state index contributed by atoms with van der Waals surface area (Å²) in [4.78, 5) is 17.3. The maximum Gasteiger partial charge on any atom is 0.252 e. The van der Waals surface area contributed by atoms with Crippen molar-refractivity contribution in [1.29, 1.82) is 0 Å². The largest absolute Gasteiger partial charge is 0.342 e. The Kier molecular flexibility index (Phi) is 4.57. The molecule has 2 N–H and O–H groups in total. The molecular formula is C19H21FN6O. The van der Waals surface area contributed by atoms with Gasteiger partial charge in [0.2, 0.25) is 0 Å². The summed E-state index contributed by atoms with van der Waals surface area (Å²) in [6, 6.07) is 5.68. The molecule has 0 bridgehead atoms. The Morgan fingerprint density at radius 2 is 2.15 bits per heavy atom. The number of nitrogens with one attached hydrogen (secondary N) is 2. The van der Waals surface area contributed by atoms with Gasteiger partial charge < -0.3 is 15.2 Å². The second kappa shape index (κ2) is 7.03. The van der Waals surface area contributed by atoms with Crippen molar-refractivity contribution in [3.63, 3.8) is 0 Å². The predicted octanol–water partition coefficient (Wildman–Crippen LogP) is 1.91. The van der Waals surface area contributed by atoms with Crippen molar-refractivity contribution in [2.45, 2.75) is 32.9 Å². The van der Waals surface area contributed by atoms with E-state index in [0.717, 1.165) is 37.7 Å². The highest BCUT2D eigenvalue weighted by Gasteiger charge is 2.22. The number of carbonyl (C=O) groups is 1. The Hall–Kier alpha value is -2.87. The van der Waals surface area contributed by atoms with E-state index in [1.807, 2.05) is 6.92 Å². The van der Waals surface area contributed by atoms with Gasteiger partial charge in [0.05, 0.1) is 17.1 Å². The van der Waals surface area contributed by atoms with Crippen molar-refractivity contribution in [2.24, 2.45) is 0 Å². The van der Waals surface area contributed by atoms with Gasteiger partial charge >= 0.3 is 0 Å². The lowest BCUT2D eigenvalue weighted by Gasteiger charge is -2.16. The fourth-order valence-electron chi connectivity index (χ4n) is 3.47. The standard InChI is InChI=1S/C19H21FN6O/c1-11-9-15(14-4-3-13(20)10-16(14)22-11)19(27)23-12(2)18-25-24-17-5-6-21-7-8-26(17)18/h3-4,9-10,12,21H,5-8H2,1-2H3,(H,23,27). The fraction of sp³-hybridized carbons (Fsp3) is 0.368.